The Bertz CT molecular complexity index is 1080. The van der Waals surface area contributed by atoms with E-state index in [9.17, 15) is 19.1 Å². The molecule has 0 aliphatic carbocycles. The van der Waals surface area contributed by atoms with E-state index < -0.39 is 29.3 Å². The lowest BCUT2D eigenvalue weighted by Gasteiger charge is -2.25. The van der Waals surface area contributed by atoms with Crippen LogP contribution in [-0.2, 0) is 14.3 Å². The molecule has 0 spiro atoms. The normalized spacial score (nSPS) is 19.2. The summed E-state index contributed by atoms with van der Waals surface area (Å²) in [5.41, 5.74) is 0.249. The molecule has 1 saturated heterocycles. The van der Waals surface area contributed by atoms with E-state index in [0.29, 0.717) is 24.5 Å². The molecule has 168 valence electrons. The molecule has 7 nitrogen and oxygen atoms in total. The third-order valence-electron chi connectivity index (χ3n) is 5.38. The second kappa shape index (κ2) is 9.00. The van der Waals surface area contributed by atoms with Crippen LogP contribution in [0.3, 0.4) is 0 Å². The molecule has 1 N–H and O–H groups in total. The van der Waals surface area contributed by atoms with Crippen molar-refractivity contribution in [2.45, 2.75) is 32.4 Å². The standard InChI is InChI=1S/C24H24FNO6/c1-14(2)30-11-5-10-26-21(16-6-3-4-7-17(16)25)20(23(28)24(26)29)22(27)15-8-9-18-19(12-15)32-13-31-18/h3-4,6-9,12,14,21,27H,5,10-11,13H2,1-2H3/b22-20+. The van der Waals surface area contributed by atoms with Crippen LogP contribution in [0.5, 0.6) is 11.5 Å². The predicted molar refractivity (Wildman–Crippen MR) is 114 cm³/mol. The molecule has 32 heavy (non-hydrogen) atoms. The Morgan fingerprint density at radius 3 is 2.69 bits per heavy atom. The van der Waals surface area contributed by atoms with Crippen molar-refractivity contribution in [3.8, 4) is 11.5 Å². The zero-order valence-corrected chi connectivity index (χ0v) is 17.8. The minimum Gasteiger partial charge on any atom is -0.507 e. The number of aliphatic hydroxyl groups excluding tert-OH is 1. The maximum Gasteiger partial charge on any atom is 0.295 e. The first-order valence-electron chi connectivity index (χ1n) is 10.4. The van der Waals surface area contributed by atoms with Gasteiger partial charge >= 0.3 is 0 Å². The van der Waals surface area contributed by atoms with Crippen molar-refractivity contribution in [3.63, 3.8) is 0 Å². The van der Waals surface area contributed by atoms with Crippen molar-refractivity contribution in [1.82, 2.24) is 4.90 Å². The van der Waals surface area contributed by atoms with Crippen LogP contribution in [0.15, 0.2) is 48.0 Å². The summed E-state index contributed by atoms with van der Waals surface area (Å²) in [6, 6.07) is 9.56. The summed E-state index contributed by atoms with van der Waals surface area (Å²) in [7, 11) is 0. The molecular weight excluding hydrogens is 417 g/mol. The molecule has 2 heterocycles. The molecule has 0 bridgehead atoms. The fourth-order valence-electron chi connectivity index (χ4n) is 3.88. The molecule has 0 aromatic heterocycles. The number of benzene rings is 2. The predicted octanol–water partition coefficient (Wildman–Crippen LogP) is 3.79. The zero-order valence-electron chi connectivity index (χ0n) is 17.8. The topological polar surface area (TPSA) is 85.3 Å². The quantitative estimate of drug-likeness (QED) is 0.305. The number of aliphatic hydroxyl groups is 1. The summed E-state index contributed by atoms with van der Waals surface area (Å²) in [6.45, 7) is 4.41. The number of ketones is 1. The lowest BCUT2D eigenvalue weighted by atomic mass is 9.94. The molecule has 2 aliphatic rings. The minimum atomic E-state index is -1.05. The molecule has 0 saturated carbocycles. The van der Waals surface area contributed by atoms with E-state index >= 15 is 0 Å². The second-order valence-corrected chi connectivity index (χ2v) is 7.86. The van der Waals surface area contributed by atoms with Gasteiger partial charge in [0.1, 0.15) is 11.6 Å². The Morgan fingerprint density at radius 2 is 1.94 bits per heavy atom. The van der Waals surface area contributed by atoms with Gasteiger partial charge in [0.25, 0.3) is 11.7 Å². The van der Waals surface area contributed by atoms with Gasteiger partial charge < -0.3 is 24.2 Å². The highest BCUT2D eigenvalue weighted by Gasteiger charge is 2.46. The van der Waals surface area contributed by atoms with Crippen LogP contribution in [0.1, 0.15) is 37.4 Å². The van der Waals surface area contributed by atoms with Gasteiger partial charge in [-0.25, -0.2) is 4.39 Å². The van der Waals surface area contributed by atoms with E-state index in [0.717, 1.165) is 0 Å². The molecule has 0 radical (unpaired) electrons. The number of likely N-dealkylation sites (tertiary alicyclic amines) is 1. The summed E-state index contributed by atoms with van der Waals surface area (Å²) in [5, 5.41) is 11.1. The Hall–Kier alpha value is -3.39. The van der Waals surface area contributed by atoms with Gasteiger partial charge in [-0.15, -0.1) is 0 Å². The summed E-state index contributed by atoms with van der Waals surface area (Å²) in [4.78, 5) is 27.2. The van der Waals surface area contributed by atoms with Gasteiger partial charge in [0.2, 0.25) is 6.79 Å². The highest BCUT2D eigenvalue weighted by Crippen LogP contribution is 2.42. The van der Waals surface area contributed by atoms with Gasteiger partial charge in [0.05, 0.1) is 17.7 Å². The highest BCUT2D eigenvalue weighted by molar-refractivity contribution is 6.46. The summed E-state index contributed by atoms with van der Waals surface area (Å²) in [6.07, 6.45) is 0.485. The Labute approximate surface area is 185 Å². The number of hydrogen-bond acceptors (Lipinski definition) is 6. The second-order valence-electron chi connectivity index (χ2n) is 7.86. The third kappa shape index (κ3) is 4.05. The number of hydrogen-bond donors (Lipinski definition) is 1. The van der Waals surface area contributed by atoms with E-state index in [-0.39, 0.29) is 36.1 Å². The van der Waals surface area contributed by atoms with Crippen molar-refractivity contribution < 1.29 is 33.3 Å². The fraction of sp³-hybridized carbons (Fsp3) is 0.333. The zero-order chi connectivity index (χ0) is 22.8. The molecule has 1 amide bonds. The average Bonchev–Trinajstić information content (AvgIpc) is 3.34. The number of carbonyl (C=O) groups excluding carboxylic acids is 2. The first kappa shape index (κ1) is 21.8. The highest BCUT2D eigenvalue weighted by atomic mass is 19.1. The largest absolute Gasteiger partial charge is 0.507 e. The smallest absolute Gasteiger partial charge is 0.295 e. The number of halogens is 1. The molecule has 1 fully saturated rings. The Kier molecular flexibility index (Phi) is 6.14. The van der Waals surface area contributed by atoms with E-state index in [1.165, 1.54) is 29.2 Å². The number of rotatable bonds is 7. The van der Waals surface area contributed by atoms with E-state index in [4.69, 9.17) is 14.2 Å². The van der Waals surface area contributed by atoms with Crippen molar-refractivity contribution in [2.24, 2.45) is 0 Å². The molecule has 1 unspecified atom stereocenters. The Morgan fingerprint density at radius 1 is 1.19 bits per heavy atom. The summed E-state index contributed by atoms with van der Waals surface area (Å²) >= 11 is 0. The van der Waals surface area contributed by atoms with Gasteiger partial charge in [-0.1, -0.05) is 18.2 Å². The minimum absolute atomic E-state index is 0.0267. The van der Waals surface area contributed by atoms with Crippen molar-refractivity contribution >= 4 is 17.4 Å². The van der Waals surface area contributed by atoms with Crippen molar-refractivity contribution in [2.75, 3.05) is 19.9 Å². The van der Waals surface area contributed by atoms with Crippen LogP contribution in [0.25, 0.3) is 5.76 Å². The maximum absolute atomic E-state index is 14.8. The van der Waals surface area contributed by atoms with Gasteiger partial charge in [0.15, 0.2) is 11.5 Å². The molecule has 1 atom stereocenters. The number of fused-ring (bicyclic) bond motifs is 1. The van der Waals surface area contributed by atoms with E-state index in [2.05, 4.69) is 0 Å². The van der Waals surface area contributed by atoms with Gasteiger partial charge in [0, 0.05) is 24.3 Å². The Balaban J connectivity index is 1.75. The van der Waals surface area contributed by atoms with Crippen LogP contribution < -0.4 is 9.47 Å². The number of Topliss-reactive ketones (excluding diaryl/α,β-unsaturated/α-hetero) is 1. The van der Waals surface area contributed by atoms with Crippen LogP contribution in [0, 0.1) is 5.82 Å². The molecule has 2 aliphatic heterocycles. The summed E-state index contributed by atoms with van der Waals surface area (Å²) in [5.74, 6) is -1.69. The molecule has 8 heteroatoms. The monoisotopic (exact) mass is 441 g/mol. The lowest BCUT2D eigenvalue weighted by molar-refractivity contribution is -0.140. The SMILES string of the molecule is CC(C)OCCCN1C(=O)C(=O)/C(=C(/O)c2ccc3c(c2)OCO3)C1c1ccccc1F. The average molecular weight is 441 g/mol. The van der Waals surface area contributed by atoms with Gasteiger partial charge in [-0.2, -0.15) is 0 Å². The van der Waals surface area contributed by atoms with Gasteiger partial charge in [-0.05, 0) is 44.5 Å². The fourth-order valence-corrected chi connectivity index (χ4v) is 3.88. The first-order chi connectivity index (χ1) is 15.4. The third-order valence-corrected chi connectivity index (χ3v) is 5.38. The maximum atomic E-state index is 14.8. The van der Waals surface area contributed by atoms with Crippen LogP contribution in [0.4, 0.5) is 4.39 Å². The van der Waals surface area contributed by atoms with E-state index in [1.54, 1.807) is 18.2 Å². The number of carbonyl (C=O) groups is 2. The molecular formula is C24H24FNO6. The first-order valence-corrected chi connectivity index (χ1v) is 10.4. The van der Waals surface area contributed by atoms with Crippen molar-refractivity contribution in [1.29, 1.82) is 0 Å². The molecule has 2 aromatic carbocycles. The van der Waals surface area contributed by atoms with Gasteiger partial charge in [-0.3, -0.25) is 9.59 Å². The van der Waals surface area contributed by atoms with E-state index in [1.807, 2.05) is 13.8 Å². The lowest BCUT2D eigenvalue weighted by Crippen LogP contribution is -2.31. The number of nitrogens with zero attached hydrogens (tertiary/aromatic N) is 1. The van der Waals surface area contributed by atoms with Crippen LogP contribution in [0.2, 0.25) is 0 Å². The molecule has 2 aromatic rings. The summed E-state index contributed by atoms with van der Waals surface area (Å²) < 4.78 is 30.9. The van der Waals surface area contributed by atoms with Crippen LogP contribution >= 0.6 is 0 Å². The number of amides is 1. The van der Waals surface area contributed by atoms with Crippen molar-refractivity contribution in [3.05, 3.63) is 65.0 Å². The molecule has 4 rings (SSSR count). The van der Waals surface area contributed by atoms with Crippen LogP contribution in [-0.4, -0.2) is 47.7 Å². The number of ether oxygens (including phenoxy) is 3.